The van der Waals surface area contributed by atoms with Crippen molar-refractivity contribution in [3.63, 3.8) is 0 Å². The third kappa shape index (κ3) is 3.34. The molecule has 0 aliphatic rings. The molecule has 1 N–H and O–H groups in total. The minimum Gasteiger partial charge on any atom is -0.355 e. The van der Waals surface area contributed by atoms with Gasteiger partial charge in [-0.1, -0.05) is 48.0 Å². The molecule has 120 valence electrons. The average Bonchev–Trinajstić information content (AvgIpc) is 2.58. The Labute approximate surface area is 147 Å². The lowest BCUT2D eigenvalue weighted by atomic mass is 9.98. The molecule has 0 aromatic heterocycles. The minimum atomic E-state index is 0.0165. The Hall–Kier alpha value is -2.58. The van der Waals surface area contributed by atoms with Crippen LogP contribution in [0.25, 0.3) is 0 Å². The first-order valence-corrected chi connectivity index (χ1v) is 8.16. The second kappa shape index (κ2) is 6.90. The maximum atomic E-state index is 13.0. The first-order valence-electron chi connectivity index (χ1n) is 7.79. The zero-order valence-electron chi connectivity index (χ0n) is 13.6. The van der Waals surface area contributed by atoms with Gasteiger partial charge in [-0.3, -0.25) is 4.79 Å². The van der Waals surface area contributed by atoms with Crippen LogP contribution in [0.3, 0.4) is 0 Å². The van der Waals surface area contributed by atoms with Crippen molar-refractivity contribution in [1.82, 2.24) is 0 Å². The molecule has 3 rings (SSSR count). The molecule has 0 fully saturated rings. The SMILES string of the molecule is Cc1cc(Cl)ccc1Nc1ccccc1C(=O)c1ccccc1C. The third-order valence-corrected chi connectivity index (χ3v) is 4.25. The van der Waals surface area contributed by atoms with E-state index in [0.717, 1.165) is 28.1 Å². The Bertz CT molecular complexity index is 902. The van der Waals surface area contributed by atoms with Crippen molar-refractivity contribution >= 4 is 28.8 Å². The van der Waals surface area contributed by atoms with Crippen molar-refractivity contribution in [3.05, 3.63) is 94.0 Å². The highest BCUT2D eigenvalue weighted by Gasteiger charge is 2.15. The number of ketones is 1. The highest BCUT2D eigenvalue weighted by Crippen LogP contribution is 2.27. The number of benzene rings is 3. The van der Waals surface area contributed by atoms with E-state index >= 15 is 0 Å². The van der Waals surface area contributed by atoms with Crippen LogP contribution in [0.15, 0.2) is 66.7 Å². The molecule has 0 aliphatic carbocycles. The number of anilines is 2. The summed E-state index contributed by atoms with van der Waals surface area (Å²) < 4.78 is 0. The molecule has 2 nitrogen and oxygen atoms in total. The van der Waals surface area contributed by atoms with Crippen LogP contribution >= 0.6 is 11.6 Å². The van der Waals surface area contributed by atoms with Crippen molar-refractivity contribution in [1.29, 1.82) is 0 Å². The van der Waals surface area contributed by atoms with Gasteiger partial charge in [0, 0.05) is 27.5 Å². The highest BCUT2D eigenvalue weighted by atomic mass is 35.5. The molecule has 0 saturated carbocycles. The molecule has 3 aromatic rings. The Morgan fingerprint density at radius 2 is 1.46 bits per heavy atom. The average molecular weight is 336 g/mol. The van der Waals surface area contributed by atoms with Crippen LogP contribution in [-0.2, 0) is 0 Å². The molecule has 3 aromatic carbocycles. The lowest BCUT2D eigenvalue weighted by Crippen LogP contribution is -2.07. The second-order valence-corrected chi connectivity index (χ2v) is 6.21. The maximum absolute atomic E-state index is 13.0. The molecule has 0 amide bonds. The van der Waals surface area contributed by atoms with E-state index in [0.29, 0.717) is 10.6 Å². The van der Waals surface area contributed by atoms with Gasteiger partial charge in [0.15, 0.2) is 5.78 Å². The molecule has 0 spiro atoms. The van der Waals surface area contributed by atoms with Crippen molar-refractivity contribution in [2.75, 3.05) is 5.32 Å². The van der Waals surface area contributed by atoms with E-state index in [1.807, 2.05) is 80.6 Å². The van der Waals surface area contributed by atoms with E-state index in [-0.39, 0.29) is 5.78 Å². The van der Waals surface area contributed by atoms with E-state index in [1.54, 1.807) is 0 Å². The van der Waals surface area contributed by atoms with Gasteiger partial charge in [-0.25, -0.2) is 0 Å². The number of nitrogens with one attached hydrogen (secondary N) is 1. The van der Waals surface area contributed by atoms with E-state index < -0.39 is 0 Å². The highest BCUT2D eigenvalue weighted by molar-refractivity contribution is 6.30. The van der Waals surface area contributed by atoms with Crippen molar-refractivity contribution in [2.24, 2.45) is 0 Å². The Morgan fingerprint density at radius 1 is 0.792 bits per heavy atom. The zero-order chi connectivity index (χ0) is 17.1. The van der Waals surface area contributed by atoms with E-state index in [1.165, 1.54) is 0 Å². The van der Waals surface area contributed by atoms with Crippen LogP contribution in [-0.4, -0.2) is 5.78 Å². The van der Waals surface area contributed by atoms with E-state index in [9.17, 15) is 4.79 Å². The quantitative estimate of drug-likeness (QED) is 0.598. The lowest BCUT2D eigenvalue weighted by molar-refractivity contribution is 0.103. The summed E-state index contributed by atoms with van der Waals surface area (Å²) in [7, 11) is 0. The zero-order valence-corrected chi connectivity index (χ0v) is 14.4. The molecule has 0 aliphatic heterocycles. The molecule has 0 bridgehead atoms. The maximum Gasteiger partial charge on any atom is 0.195 e. The second-order valence-electron chi connectivity index (χ2n) is 5.77. The molecule has 0 radical (unpaired) electrons. The summed E-state index contributed by atoms with van der Waals surface area (Å²) in [6.07, 6.45) is 0. The summed E-state index contributed by atoms with van der Waals surface area (Å²) >= 11 is 6.02. The van der Waals surface area contributed by atoms with Crippen LogP contribution in [0.2, 0.25) is 5.02 Å². The van der Waals surface area contributed by atoms with Gasteiger partial charge < -0.3 is 5.32 Å². The van der Waals surface area contributed by atoms with Crippen LogP contribution in [0.4, 0.5) is 11.4 Å². The molecule has 0 unspecified atom stereocenters. The monoisotopic (exact) mass is 335 g/mol. The molecule has 0 atom stereocenters. The van der Waals surface area contributed by atoms with Crippen LogP contribution in [0.5, 0.6) is 0 Å². The molecule has 3 heteroatoms. The Kier molecular flexibility index (Phi) is 4.68. The van der Waals surface area contributed by atoms with Gasteiger partial charge in [-0.05, 0) is 55.3 Å². The van der Waals surface area contributed by atoms with E-state index in [2.05, 4.69) is 5.32 Å². The topological polar surface area (TPSA) is 29.1 Å². The Morgan fingerprint density at radius 3 is 2.17 bits per heavy atom. The summed E-state index contributed by atoms with van der Waals surface area (Å²) in [6, 6.07) is 20.9. The van der Waals surface area contributed by atoms with Gasteiger partial charge >= 0.3 is 0 Å². The number of hydrogen-bond acceptors (Lipinski definition) is 2. The minimum absolute atomic E-state index is 0.0165. The number of halogens is 1. The van der Waals surface area contributed by atoms with Gasteiger partial charge in [-0.2, -0.15) is 0 Å². The summed E-state index contributed by atoms with van der Waals surface area (Å²) in [5.41, 5.74) is 5.10. The third-order valence-electron chi connectivity index (χ3n) is 4.02. The number of rotatable bonds is 4. The number of carbonyl (C=O) groups is 1. The number of hydrogen-bond donors (Lipinski definition) is 1. The fraction of sp³-hybridized carbons (Fsp3) is 0.0952. The van der Waals surface area contributed by atoms with Gasteiger partial charge in [0.1, 0.15) is 0 Å². The first-order chi connectivity index (χ1) is 11.6. The van der Waals surface area contributed by atoms with Gasteiger partial charge in [-0.15, -0.1) is 0 Å². The molecular weight excluding hydrogens is 318 g/mol. The van der Waals surface area contributed by atoms with Gasteiger partial charge in [0.05, 0.1) is 0 Å². The van der Waals surface area contributed by atoms with E-state index in [4.69, 9.17) is 11.6 Å². The summed E-state index contributed by atoms with van der Waals surface area (Å²) in [4.78, 5) is 13.0. The number of para-hydroxylation sites is 1. The lowest BCUT2D eigenvalue weighted by Gasteiger charge is -2.14. The van der Waals surface area contributed by atoms with Crippen LogP contribution in [0, 0.1) is 13.8 Å². The van der Waals surface area contributed by atoms with Gasteiger partial charge in [0.25, 0.3) is 0 Å². The molecule has 24 heavy (non-hydrogen) atoms. The molecule has 0 heterocycles. The Balaban J connectivity index is 1.99. The van der Waals surface area contributed by atoms with Crippen molar-refractivity contribution in [3.8, 4) is 0 Å². The summed E-state index contributed by atoms with van der Waals surface area (Å²) in [6.45, 7) is 3.94. The van der Waals surface area contributed by atoms with Crippen LogP contribution in [0.1, 0.15) is 27.0 Å². The van der Waals surface area contributed by atoms with Crippen molar-refractivity contribution in [2.45, 2.75) is 13.8 Å². The normalized spacial score (nSPS) is 10.5. The first kappa shape index (κ1) is 16.3. The number of carbonyl (C=O) groups excluding carboxylic acids is 1. The fourth-order valence-electron chi connectivity index (χ4n) is 2.68. The summed E-state index contributed by atoms with van der Waals surface area (Å²) in [5.74, 6) is 0.0165. The smallest absolute Gasteiger partial charge is 0.195 e. The fourth-order valence-corrected chi connectivity index (χ4v) is 2.90. The van der Waals surface area contributed by atoms with Gasteiger partial charge in [0.2, 0.25) is 0 Å². The van der Waals surface area contributed by atoms with Crippen LogP contribution < -0.4 is 5.32 Å². The molecular formula is C21H18ClNO. The predicted molar refractivity (Wildman–Crippen MR) is 101 cm³/mol. The standard InChI is InChI=1S/C21H18ClNO/c1-14-7-3-4-8-17(14)21(24)18-9-5-6-10-20(18)23-19-12-11-16(22)13-15(19)2/h3-13,23H,1-2H3. The largest absolute Gasteiger partial charge is 0.355 e. The van der Waals surface area contributed by atoms with Crippen molar-refractivity contribution < 1.29 is 4.79 Å². The summed E-state index contributed by atoms with van der Waals surface area (Å²) in [5, 5.41) is 4.06. The predicted octanol–water partition coefficient (Wildman–Crippen LogP) is 5.93. The number of aryl methyl sites for hydroxylation is 2. The molecule has 0 saturated heterocycles.